The first kappa shape index (κ1) is 11.4. The lowest BCUT2D eigenvalue weighted by molar-refractivity contribution is -0.140. The predicted octanol–water partition coefficient (Wildman–Crippen LogP) is -0.810. The van der Waals surface area contributed by atoms with Crippen LogP contribution in [0.4, 0.5) is 0 Å². The highest BCUT2D eigenvalue weighted by Gasteiger charge is 2.33. The Morgan fingerprint density at radius 1 is 1.31 bits per heavy atom. The van der Waals surface area contributed by atoms with E-state index in [4.69, 9.17) is 0 Å². The van der Waals surface area contributed by atoms with Gasteiger partial charge < -0.3 is 15.5 Å². The summed E-state index contributed by atoms with van der Waals surface area (Å²) in [7, 11) is 1.65. The van der Waals surface area contributed by atoms with E-state index < -0.39 is 0 Å². The molecule has 0 aliphatic carbocycles. The summed E-state index contributed by atoms with van der Waals surface area (Å²) in [6.07, 6.45) is 1.83. The van der Waals surface area contributed by atoms with Crippen molar-refractivity contribution < 1.29 is 9.59 Å². The second-order valence-electron chi connectivity index (χ2n) is 4.59. The molecule has 90 valence electrons. The number of nitrogens with one attached hydrogen (secondary N) is 2. The van der Waals surface area contributed by atoms with Crippen molar-refractivity contribution in [3.8, 4) is 0 Å². The maximum atomic E-state index is 12.0. The van der Waals surface area contributed by atoms with Gasteiger partial charge in [-0.1, -0.05) is 0 Å². The molecule has 0 spiro atoms. The number of likely N-dealkylation sites (tertiary alicyclic amines) is 1. The fraction of sp³-hybridized carbons (Fsp3) is 0.818. The van der Waals surface area contributed by atoms with Crippen molar-refractivity contribution in [2.24, 2.45) is 11.8 Å². The van der Waals surface area contributed by atoms with Crippen molar-refractivity contribution in [1.82, 2.24) is 15.5 Å². The lowest BCUT2D eigenvalue weighted by atomic mass is 9.94. The van der Waals surface area contributed by atoms with E-state index >= 15 is 0 Å². The second kappa shape index (κ2) is 4.82. The smallest absolute Gasteiger partial charge is 0.228 e. The summed E-state index contributed by atoms with van der Waals surface area (Å²) in [5.74, 6) is 0.399. The summed E-state index contributed by atoms with van der Waals surface area (Å²) < 4.78 is 0. The van der Waals surface area contributed by atoms with Gasteiger partial charge in [0, 0.05) is 33.2 Å². The summed E-state index contributed by atoms with van der Waals surface area (Å²) in [5.41, 5.74) is 0. The van der Waals surface area contributed by atoms with Crippen molar-refractivity contribution in [2.45, 2.75) is 12.8 Å². The number of amides is 2. The third-order valence-corrected chi connectivity index (χ3v) is 3.48. The van der Waals surface area contributed by atoms with Crippen LogP contribution in [0.25, 0.3) is 0 Å². The zero-order valence-electron chi connectivity index (χ0n) is 9.66. The molecule has 1 unspecified atom stereocenters. The van der Waals surface area contributed by atoms with Gasteiger partial charge in [0.1, 0.15) is 0 Å². The van der Waals surface area contributed by atoms with Crippen LogP contribution in [0.1, 0.15) is 12.8 Å². The van der Waals surface area contributed by atoms with Gasteiger partial charge in [-0.05, 0) is 12.8 Å². The van der Waals surface area contributed by atoms with Crippen molar-refractivity contribution in [2.75, 3.05) is 33.2 Å². The zero-order chi connectivity index (χ0) is 11.5. The Kier molecular flexibility index (Phi) is 3.43. The van der Waals surface area contributed by atoms with E-state index in [0.717, 1.165) is 32.5 Å². The van der Waals surface area contributed by atoms with Crippen molar-refractivity contribution in [1.29, 1.82) is 0 Å². The Labute approximate surface area is 95.6 Å². The quantitative estimate of drug-likeness (QED) is 0.646. The van der Waals surface area contributed by atoms with Crippen LogP contribution in [0.15, 0.2) is 0 Å². The van der Waals surface area contributed by atoms with Gasteiger partial charge in [-0.15, -0.1) is 0 Å². The van der Waals surface area contributed by atoms with E-state index in [1.54, 1.807) is 7.05 Å². The Morgan fingerprint density at radius 3 is 2.62 bits per heavy atom. The monoisotopic (exact) mass is 225 g/mol. The van der Waals surface area contributed by atoms with Crippen LogP contribution < -0.4 is 10.6 Å². The molecule has 2 amide bonds. The van der Waals surface area contributed by atoms with E-state index in [1.165, 1.54) is 0 Å². The maximum absolute atomic E-state index is 12.0. The number of piperidine rings is 1. The minimum absolute atomic E-state index is 0.0178. The molecule has 0 bridgehead atoms. The highest BCUT2D eigenvalue weighted by Crippen LogP contribution is 2.19. The predicted molar refractivity (Wildman–Crippen MR) is 59.7 cm³/mol. The van der Waals surface area contributed by atoms with E-state index in [9.17, 15) is 9.59 Å². The molecule has 2 rings (SSSR count). The molecule has 16 heavy (non-hydrogen) atoms. The standard InChI is InChI=1S/C11H19N3O2/c1-12-10(15)8-3-2-4-14(7-8)11(16)9-5-13-6-9/h8-9,13H,2-7H2,1H3,(H,12,15). The van der Waals surface area contributed by atoms with Gasteiger partial charge in [0.25, 0.3) is 0 Å². The average molecular weight is 225 g/mol. The molecule has 2 N–H and O–H groups in total. The highest BCUT2D eigenvalue weighted by molar-refractivity contribution is 5.83. The zero-order valence-corrected chi connectivity index (χ0v) is 9.66. The van der Waals surface area contributed by atoms with E-state index in [-0.39, 0.29) is 23.7 Å². The van der Waals surface area contributed by atoms with Gasteiger partial charge in [-0.3, -0.25) is 9.59 Å². The fourth-order valence-electron chi connectivity index (χ4n) is 2.32. The number of carbonyl (C=O) groups is 2. The molecule has 1 atom stereocenters. The van der Waals surface area contributed by atoms with Crippen LogP contribution in [0.5, 0.6) is 0 Å². The van der Waals surface area contributed by atoms with Crippen molar-refractivity contribution in [3.05, 3.63) is 0 Å². The summed E-state index contributed by atoms with van der Waals surface area (Å²) in [6.45, 7) is 2.98. The number of hydrogen-bond acceptors (Lipinski definition) is 3. The van der Waals surface area contributed by atoms with Gasteiger partial charge in [0.2, 0.25) is 11.8 Å². The fourth-order valence-corrected chi connectivity index (χ4v) is 2.32. The van der Waals surface area contributed by atoms with Crippen LogP contribution in [0.2, 0.25) is 0 Å². The summed E-state index contributed by atoms with van der Waals surface area (Å²) in [4.78, 5) is 25.4. The number of rotatable bonds is 2. The molecule has 2 saturated heterocycles. The minimum atomic E-state index is -0.0178. The van der Waals surface area contributed by atoms with E-state index in [1.807, 2.05) is 4.90 Å². The van der Waals surface area contributed by atoms with Crippen molar-refractivity contribution in [3.63, 3.8) is 0 Å². The first-order valence-corrected chi connectivity index (χ1v) is 5.93. The van der Waals surface area contributed by atoms with Gasteiger partial charge in [0.15, 0.2) is 0 Å². The lowest BCUT2D eigenvalue weighted by Crippen LogP contribution is -2.54. The normalized spacial score (nSPS) is 26.1. The Morgan fingerprint density at radius 2 is 2.06 bits per heavy atom. The number of carbonyl (C=O) groups excluding carboxylic acids is 2. The molecule has 0 aromatic carbocycles. The average Bonchev–Trinajstić information content (AvgIpc) is 2.26. The highest BCUT2D eigenvalue weighted by atomic mass is 16.2. The SMILES string of the molecule is CNC(=O)C1CCCN(C(=O)C2CNC2)C1. The van der Waals surface area contributed by atoms with Gasteiger partial charge in [-0.2, -0.15) is 0 Å². The Hall–Kier alpha value is -1.10. The number of hydrogen-bond donors (Lipinski definition) is 2. The maximum Gasteiger partial charge on any atom is 0.228 e. The Balaban J connectivity index is 1.90. The lowest BCUT2D eigenvalue weighted by Gasteiger charge is -2.37. The second-order valence-corrected chi connectivity index (χ2v) is 4.59. The third kappa shape index (κ3) is 2.19. The molecule has 2 aliphatic heterocycles. The first-order chi connectivity index (χ1) is 7.72. The molecular weight excluding hydrogens is 206 g/mol. The van der Waals surface area contributed by atoms with E-state index in [2.05, 4.69) is 10.6 Å². The molecule has 2 heterocycles. The summed E-state index contributed by atoms with van der Waals surface area (Å²) in [6, 6.07) is 0. The van der Waals surface area contributed by atoms with E-state index in [0.29, 0.717) is 6.54 Å². The molecule has 5 nitrogen and oxygen atoms in total. The molecule has 2 fully saturated rings. The van der Waals surface area contributed by atoms with Gasteiger partial charge in [-0.25, -0.2) is 0 Å². The molecule has 2 aliphatic rings. The van der Waals surface area contributed by atoms with Crippen molar-refractivity contribution >= 4 is 11.8 Å². The Bertz CT molecular complexity index is 289. The molecular formula is C11H19N3O2. The number of nitrogens with zero attached hydrogens (tertiary/aromatic N) is 1. The van der Waals surface area contributed by atoms with Crippen LogP contribution >= 0.6 is 0 Å². The minimum Gasteiger partial charge on any atom is -0.359 e. The molecule has 0 aromatic heterocycles. The van der Waals surface area contributed by atoms with Crippen LogP contribution in [-0.4, -0.2) is 49.9 Å². The topological polar surface area (TPSA) is 61.4 Å². The molecule has 5 heteroatoms. The molecule has 0 aromatic rings. The van der Waals surface area contributed by atoms with Crippen LogP contribution in [-0.2, 0) is 9.59 Å². The summed E-state index contributed by atoms with van der Waals surface area (Å²) in [5, 5.41) is 5.76. The molecule has 0 saturated carbocycles. The molecule has 0 radical (unpaired) electrons. The van der Waals surface area contributed by atoms with Crippen LogP contribution in [0, 0.1) is 11.8 Å². The third-order valence-electron chi connectivity index (χ3n) is 3.48. The first-order valence-electron chi connectivity index (χ1n) is 5.93. The van der Waals surface area contributed by atoms with Crippen LogP contribution in [0.3, 0.4) is 0 Å². The van der Waals surface area contributed by atoms with Gasteiger partial charge >= 0.3 is 0 Å². The van der Waals surface area contributed by atoms with Gasteiger partial charge in [0.05, 0.1) is 11.8 Å². The largest absolute Gasteiger partial charge is 0.359 e. The summed E-state index contributed by atoms with van der Waals surface area (Å²) >= 11 is 0.